The number of aromatic nitrogens is 2. The van der Waals surface area contributed by atoms with Crippen molar-refractivity contribution in [2.24, 2.45) is 14.1 Å². The van der Waals surface area contributed by atoms with Gasteiger partial charge in [0.15, 0.2) is 0 Å². The van der Waals surface area contributed by atoms with Crippen LogP contribution in [0.15, 0.2) is 27.8 Å². The molecule has 2 rings (SSSR count). The molecule has 17 heavy (non-hydrogen) atoms. The first-order chi connectivity index (χ1) is 8.07. The Morgan fingerprint density at radius 3 is 2.41 bits per heavy atom. The zero-order chi connectivity index (χ0) is 12.6. The van der Waals surface area contributed by atoms with Gasteiger partial charge in [0.2, 0.25) is 6.41 Å². The predicted molar refractivity (Wildman–Crippen MR) is 64.1 cm³/mol. The van der Waals surface area contributed by atoms with Crippen molar-refractivity contribution >= 4 is 22.9 Å². The summed E-state index contributed by atoms with van der Waals surface area (Å²) in [5.41, 5.74) is -0.264. The van der Waals surface area contributed by atoms with E-state index in [2.05, 4.69) is 5.32 Å². The van der Waals surface area contributed by atoms with Crippen molar-refractivity contribution in [3.63, 3.8) is 0 Å². The molecule has 88 valence electrons. The summed E-state index contributed by atoms with van der Waals surface area (Å²) in [5.74, 6) is 0. The van der Waals surface area contributed by atoms with Gasteiger partial charge in [0.1, 0.15) is 0 Å². The third-order valence-electron chi connectivity index (χ3n) is 2.76. The van der Waals surface area contributed by atoms with Gasteiger partial charge in [-0.1, -0.05) is 6.07 Å². The van der Waals surface area contributed by atoms with Gasteiger partial charge in [-0.25, -0.2) is 0 Å². The first-order valence-electron chi connectivity index (χ1n) is 4.97. The lowest BCUT2D eigenvalue weighted by atomic mass is 10.1. The number of anilines is 1. The molecule has 0 saturated heterocycles. The molecule has 0 aliphatic carbocycles. The number of carbonyl (C=O) groups excluding carboxylic acids is 1. The van der Waals surface area contributed by atoms with Crippen LogP contribution in [0.4, 0.5) is 5.69 Å². The van der Waals surface area contributed by atoms with Crippen molar-refractivity contribution in [3.05, 3.63) is 38.9 Å². The Labute approximate surface area is 96.1 Å². The average molecular weight is 233 g/mol. The minimum Gasteiger partial charge on any atom is -0.328 e. The zero-order valence-electron chi connectivity index (χ0n) is 9.43. The number of benzene rings is 1. The third-order valence-corrected chi connectivity index (χ3v) is 2.76. The molecule has 0 radical (unpaired) electrons. The molecule has 2 aromatic rings. The highest BCUT2D eigenvalue weighted by Gasteiger charge is 2.11. The molecule has 0 aliphatic heterocycles. The fourth-order valence-electron chi connectivity index (χ4n) is 1.75. The van der Waals surface area contributed by atoms with E-state index in [9.17, 15) is 14.4 Å². The topological polar surface area (TPSA) is 73.1 Å². The zero-order valence-corrected chi connectivity index (χ0v) is 9.43. The lowest BCUT2D eigenvalue weighted by Gasteiger charge is -2.10. The van der Waals surface area contributed by atoms with Crippen LogP contribution in [0, 0.1) is 0 Å². The summed E-state index contributed by atoms with van der Waals surface area (Å²) in [6.07, 6.45) is 0.478. The van der Waals surface area contributed by atoms with Gasteiger partial charge < -0.3 is 5.32 Å². The van der Waals surface area contributed by atoms with Gasteiger partial charge in [-0.2, -0.15) is 0 Å². The molecule has 6 heteroatoms. The van der Waals surface area contributed by atoms with Crippen LogP contribution in [0.2, 0.25) is 0 Å². The smallest absolute Gasteiger partial charge is 0.275 e. The Morgan fingerprint density at radius 1 is 1.12 bits per heavy atom. The van der Waals surface area contributed by atoms with Crippen LogP contribution in [0.5, 0.6) is 0 Å². The van der Waals surface area contributed by atoms with E-state index < -0.39 is 0 Å². The highest BCUT2D eigenvalue weighted by atomic mass is 16.2. The number of amides is 1. The normalized spacial score (nSPS) is 10.5. The number of hydrogen-bond donors (Lipinski definition) is 1. The molecular weight excluding hydrogens is 222 g/mol. The summed E-state index contributed by atoms with van der Waals surface area (Å²) in [7, 11) is 3.02. The first kappa shape index (κ1) is 11.1. The largest absolute Gasteiger partial charge is 0.328 e. The van der Waals surface area contributed by atoms with Crippen molar-refractivity contribution in [2.75, 3.05) is 5.32 Å². The van der Waals surface area contributed by atoms with Crippen molar-refractivity contribution < 1.29 is 4.79 Å². The predicted octanol–water partition coefficient (Wildman–Crippen LogP) is -0.195. The van der Waals surface area contributed by atoms with Gasteiger partial charge in [-0.15, -0.1) is 0 Å². The standard InChI is InChI=1S/C11H11N3O3/c1-13-10(16)7-4-3-5-8(12-6-15)9(7)11(17)14(13)2/h3-6H,1-2H3,(H,12,15). The SMILES string of the molecule is Cn1c(=O)c2cccc(NC=O)c2c(=O)n1C. The fraction of sp³-hybridized carbons (Fsp3) is 0.182. The number of nitrogens with zero attached hydrogens (tertiary/aromatic N) is 2. The number of rotatable bonds is 2. The molecule has 0 atom stereocenters. The average Bonchev–Trinajstić information content (AvgIpc) is 2.34. The molecule has 0 unspecified atom stereocenters. The van der Waals surface area contributed by atoms with E-state index in [1.54, 1.807) is 18.2 Å². The summed E-state index contributed by atoms with van der Waals surface area (Å²) >= 11 is 0. The van der Waals surface area contributed by atoms with E-state index in [0.717, 1.165) is 0 Å². The molecule has 0 saturated carbocycles. The molecule has 1 aromatic carbocycles. The number of carbonyl (C=O) groups is 1. The second kappa shape index (κ2) is 3.89. The summed E-state index contributed by atoms with van der Waals surface area (Å²) in [6.45, 7) is 0. The van der Waals surface area contributed by atoms with Crippen molar-refractivity contribution in [1.82, 2.24) is 9.36 Å². The fourth-order valence-corrected chi connectivity index (χ4v) is 1.75. The van der Waals surface area contributed by atoms with Crippen LogP contribution in [0.25, 0.3) is 10.8 Å². The maximum Gasteiger partial charge on any atom is 0.275 e. The Morgan fingerprint density at radius 2 is 1.76 bits per heavy atom. The molecular formula is C11H11N3O3. The van der Waals surface area contributed by atoms with Crippen LogP contribution in [0.3, 0.4) is 0 Å². The van der Waals surface area contributed by atoms with Crippen molar-refractivity contribution in [3.8, 4) is 0 Å². The minimum absolute atomic E-state index is 0.227. The molecule has 0 bridgehead atoms. The molecule has 1 amide bonds. The molecule has 6 nitrogen and oxygen atoms in total. The molecule has 1 N–H and O–H groups in total. The Hall–Kier alpha value is -2.37. The lowest BCUT2D eigenvalue weighted by Crippen LogP contribution is -2.35. The molecule has 1 heterocycles. The highest BCUT2D eigenvalue weighted by Crippen LogP contribution is 2.16. The Bertz CT molecular complexity index is 712. The van der Waals surface area contributed by atoms with E-state index >= 15 is 0 Å². The maximum atomic E-state index is 12.0. The van der Waals surface area contributed by atoms with Crippen LogP contribution >= 0.6 is 0 Å². The van der Waals surface area contributed by atoms with Crippen LogP contribution in [-0.4, -0.2) is 15.8 Å². The van der Waals surface area contributed by atoms with Crippen molar-refractivity contribution in [1.29, 1.82) is 0 Å². The van der Waals surface area contributed by atoms with Gasteiger partial charge in [-0.05, 0) is 12.1 Å². The summed E-state index contributed by atoms with van der Waals surface area (Å²) < 4.78 is 2.44. The summed E-state index contributed by atoms with van der Waals surface area (Å²) in [6, 6.07) is 4.77. The third kappa shape index (κ3) is 1.54. The van der Waals surface area contributed by atoms with Crippen LogP contribution < -0.4 is 16.4 Å². The van der Waals surface area contributed by atoms with E-state index in [4.69, 9.17) is 0 Å². The molecule has 0 fully saturated rings. The number of hydrogen-bond acceptors (Lipinski definition) is 3. The highest BCUT2D eigenvalue weighted by molar-refractivity contribution is 5.96. The second-order valence-corrected chi connectivity index (χ2v) is 3.65. The van der Waals surface area contributed by atoms with E-state index in [-0.39, 0.29) is 16.5 Å². The number of fused-ring (bicyclic) bond motifs is 1. The Balaban J connectivity index is 3.06. The minimum atomic E-state index is -0.327. The van der Waals surface area contributed by atoms with E-state index in [1.165, 1.54) is 23.5 Å². The molecule has 0 spiro atoms. The monoisotopic (exact) mass is 233 g/mol. The van der Waals surface area contributed by atoms with Gasteiger partial charge >= 0.3 is 0 Å². The second-order valence-electron chi connectivity index (χ2n) is 3.65. The van der Waals surface area contributed by atoms with Gasteiger partial charge in [-0.3, -0.25) is 23.7 Å². The first-order valence-corrected chi connectivity index (χ1v) is 4.97. The maximum absolute atomic E-state index is 12.0. The van der Waals surface area contributed by atoms with Crippen LogP contribution in [0.1, 0.15) is 0 Å². The van der Waals surface area contributed by atoms with E-state index in [0.29, 0.717) is 17.5 Å². The molecule has 0 aliphatic rings. The van der Waals surface area contributed by atoms with Crippen LogP contribution in [-0.2, 0) is 18.9 Å². The quantitative estimate of drug-likeness (QED) is 0.730. The van der Waals surface area contributed by atoms with E-state index in [1.807, 2.05) is 0 Å². The molecule has 1 aromatic heterocycles. The van der Waals surface area contributed by atoms with Gasteiger partial charge in [0, 0.05) is 14.1 Å². The van der Waals surface area contributed by atoms with Gasteiger partial charge in [0.05, 0.1) is 16.5 Å². The Kier molecular flexibility index (Phi) is 2.55. The lowest BCUT2D eigenvalue weighted by molar-refractivity contribution is -0.105. The van der Waals surface area contributed by atoms with Gasteiger partial charge in [0.25, 0.3) is 11.1 Å². The van der Waals surface area contributed by atoms with Crippen molar-refractivity contribution in [2.45, 2.75) is 0 Å². The number of nitrogens with one attached hydrogen (secondary N) is 1. The summed E-state index contributed by atoms with van der Waals surface area (Å²) in [5, 5.41) is 2.94. The summed E-state index contributed by atoms with van der Waals surface area (Å²) in [4.78, 5) is 34.5.